The zero-order valence-corrected chi connectivity index (χ0v) is 27.0. The molecular formula is C30H51Cl2N2PRu. The Bertz CT molecular complexity index is 677. The molecule has 1 aromatic carbocycles. The van der Waals surface area contributed by atoms with E-state index in [2.05, 4.69) is 30.6 Å². The van der Waals surface area contributed by atoms with Crippen LogP contribution in [0.2, 0.25) is 0 Å². The van der Waals surface area contributed by atoms with Gasteiger partial charge in [-0.05, 0) is 104 Å². The molecule has 1 aromatic rings. The summed E-state index contributed by atoms with van der Waals surface area (Å²) in [5, 5.41) is 0. The van der Waals surface area contributed by atoms with E-state index in [0.717, 1.165) is 5.56 Å². The van der Waals surface area contributed by atoms with Crippen LogP contribution in [0.4, 0.5) is 0 Å². The Morgan fingerprint density at radius 2 is 1.08 bits per heavy atom. The van der Waals surface area contributed by atoms with Gasteiger partial charge in [0.25, 0.3) is 0 Å². The van der Waals surface area contributed by atoms with E-state index in [9.17, 15) is 0 Å². The predicted molar refractivity (Wildman–Crippen MR) is 162 cm³/mol. The fraction of sp³-hybridized carbons (Fsp3) is 0.733. The molecule has 0 atom stereocenters. The molecule has 36 heavy (non-hydrogen) atoms. The number of likely N-dealkylation sites (N-methyl/N-ethyl adjacent to an activating group) is 2. The fourth-order valence-electron chi connectivity index (χ4n) is 6.69. The number of halogens is 2. The normalized spacial score (nSPS) is 23.4. The first-order valence-corrected chi connectivity index (χ1v) is 21.7. The van der Waals surface area contributed by atoms with Gasteiger partial charge < -0.3 is 9.80 Å². The zero-order chi connectivity index (χ0) is 25.6. The van der Waals surface area contributed by atoms with E-state index in [0.29, 0.717) is 0 Å². The maximum atomic E-state index is 5.67. The molecule has 4 aliphatic rings. The van der Waals surface area contributed by atoms with Crippen molar-refractivity contribution >= 4 is 31.9 Å². The predicted octanol–water partition coefficient (Wildman–Crippen LogP) is 8.94. The van der Waals surface area contributed by atoms with E-state index in [1.54, 1.807) is 96.3 Å². The summed E-state index contributed by atoms with van der Waals surface area (Å²) in [4.78, 5) is 4.36. The molecule has 0 bridgehead atoms. The van der Waals surface area contributed by atoms with Gasteiger partial charge in [-0.1, -0.05) is 19.3 Å². The molecule has 3 saturated carbocycles. The van der Waals surface area contributed by atoms with Crippen LogP contribution in [0, 0.1) is 6.67 Å². The molecule has 2 nitrogen and oxygen atoms in total. The van der Waals surface area contributed by atoms with E-state index in [-0.39, 0.29) is 7.92 Å². The van der Waals surface area contributed by atoms with Crippen molar-refractivity contribution < 1.29 is 13.5 Å². The van der Waals surface area contributed by atoms with Crippen LogP contribution >= 0.6 is 27.3 Å². The molecule has 0 radical (unpaired) electrons. The Kier molecular flexibility index (Phi) is 15.7. The quantitative estimate of drug-likeness (QED) is 0.184. The second kappa shape index (κ2) is 18.1. The summed E-state index contributed by atoms with van der Waals surface area (Å²) < 4.78 is 1.92. The molecule has 0 amide bonds. The standard InChI is InChI=1S/C18H33P.C7H6.C5H11N2.2ClH.Ru/c1-4-10-16(11-5-1)19(17-12-6-2-7-13-17)18-14-8-3-9-15-18;1-7-5-3-2-4-6-7;1-6-3-4-7(2)5-6;;;/h16-18H,1-15H2;1-6H;5H,3-4H2,1-2H3;2*1H;/q;;-1;;;+2/p-1. The van der Waals surface area contributed by atoms with Crippen LogP contribution < -0.4 is 0 Å². The molecule has 208 valence electrons. The van der Waals surface area contributed by atoms with Gasteiger partial charge in [0, 0.05) is 7.92 Å². The van der Waals surface area contributed by atoms with Crippen molar-refractivity contribution in [2.45, 2.75) is 113 Å². The van der Waals surface area contributed by atoms with Gasteiger partial charge >= 0.3 is 73.4 Å². The zero-order valence-electron chi connectivity index (χ0n) is 22.8. The third-order valence-electron chi connectivity index (χ3n) is 8.42. The summed E-state index contributed by atoms with van der Waals surface area (Å²) in [6.07, 6.45) is 23.8. The van der Waals surface area contributed by atoms with E-state index in [4.69, 9.17) is 19.4 Å². The Hall–Kier alpha value is 0.643. The Labute approximate surface area is 237 Å². The van der Waals surface area contributed by atoms with Crippen molar-refractivity contribution in [3.05, 3.63) is 42.6 Å². The van der Waals surface area contributed by atoms with Gasteiger partial charge in [-0.15, -0.1) is 0 Å². The second-order valence-corrected chi connectivity index (χ2v) is 20.5. The van der Waals surface area contributed by atoms with Gasteiger partial charge in [0.2, 0.25) is 0 Å². The first-order valence-electron chi connectivity index (χ1n) is 14.5. The summed E-state index contributed by atoms with van der Waals surface area (Å²) in [6.45, 7) is 4.47. The van der Waals surface area contributed by atoms with Gasteiger partial charge in [-0.2, -0.15) is 0 Å². The first kappa shape index (κ1) is 31.2. The van der Waals surface area contributed by atoms with E-state index in [1.807, 2.05) is 34.9 Å². The van der Waals surface area contributed by atoms with Gasteiger partial charge in [-0.3, -0.25) is 0 Å². The molecule has 5 rings (SSSR count). The number of hydrogen-bond acceptors (Lipinski definition) is 2. The molecule has 0 N–H and O–H groups in total. The monoisotopic (exact) mass is 642 g/mol. The molecule has 1 aliphatic heterocycles. The summed E-state index contributed by atoms with van der Waals surface area (Å²) >= 11 is -1.61. The molecule has 0 unspecified atom stereocenters. The molecule has 4 fully saturated rings. The third-order valence-corrected chi connectivity index (χ3v) is 14.9. The van der Waals surface area contributed by atoms with Gasteiger partial charge in [0.05, 0.1) is 17.0 Å². The van der Waals surface area contributed by atoms with Crippen LogP contribution in [0.25, 0.3) is 0 Å². The average Bonchev–Trinajstić information content (AvgIpc) is 3.29. The number of nitrogens with zero attached hydrogens (tertiary/aromatic N) is 2. The molecule has 1 saturated heterocycles. The van der Waals surface area contributed by atoms with Crippen LogP contribution in [0.1, 0.15) is 102 Å². The minimum absolute atomic E-state index is 0.0465. The molecule has 0 spiro atoms. The van der Waals surface area contributed by atoms with E-state index in [1.165, 1.54) is 30.1 Å². The number of benzene rings is 1. The van der Waals surface area contributed by atoms with Gasteiger partial charge in [-0.25, -0.2) is 6.67 Å². The molecule has 6 heteroatoms. The first-order chi connectivity index (χ1) is 17.5. The molecule has 0 aromatic heterocycles. The van der Waals surface area contributed by atoms with E-state index < -0.39 is 13.5 Å². The van der Waals surface area contributed by atoms with Crippen molar-refractivity contribution in [1.29, 1.82) is 0 Å². The van der Waals surface area contributed by atoms with Crippen LogP contribution in [0.3, 0.4) is 0 Å². The summed E-state index contributed by atoms with van der Waals surface area (Å²) in [6, 6.07) is 9.89. The molecular weight excluding hydrogens is 591 g/mol. The molecule has 3 aliphatic carbocycles. The number of hydrogen-bond donors (Lipinski definition) is 0. The van der Waals surface area contributed by atoms with Gasteiger partial charge in [0.1, 0.15) is 0 Å². The minimum atomic E-state index is -1.61. The fourth-order valence-corrected chi connectivity index (χ4v) is 13.7. The van der Waals surface area contributed by atoms with E-state index >= 15 is 0 Å². The SMILES string of the molecule is C1CCC([PH+](C2CCCCC2)C2CCCCC2)CC1.CN1[CH-]N(C)CC1.[Cl][Ru]([Cl])=[CH]c1ccccc1. The second-order valence-electron chi connectivity index (χ2n) is 11.3. The summed E-state index contributed by atoms with van der Waals surface area (Å²) in [7, 11) is 15.5. The van der Waals surface area contributed by atoms with Crippen molar-refractivity contribution in [1.82, 2.24) is 9.80 Å². The molecule has 1 heterocycles. The van der Waals surface area contributed by atoms with Crippen molar-refractivity contribution in [2.24, 2.45) is 0 Å². The van der Waals surface area contributed by atoms with Gasteiger partial charge in [0.15, 0.2) is 0 Å². The van der Waals surface area contributed by atoms with Crippen molar-refractivity contribution in [3.63, 3.8) is 0 Å². The third kappa shape index (κ3) is 11.8. The summed E-state index contributed by atoms with van der Waals surface area (Å²) in [5.41, 5.74) is 4.80. The number of rotatable bonds is 4. The maximum absolute atomic E-state index is 5.67. The Morgan fingerprint density at radius 1 is 0.694 bits per heavy atom. The summed E-state index contributed by atoms with van der Waals surface area (Å²) in [5.74, 6) is 0. The van der Waals surface area contributed by atoms with Crippen molar-refractivity contribution in [3.8, 4) is 0 Å². The van der Waals surface area contributed by atoms with Crippen LogP contribution in [-0.2, 0) is 13.5 Å². The van der Waals surface area contributed by atoms with Crippen LogP contribution in [0.15, 0.2) is 30.3 Å². The van der Waals surface area contributed by atoms with Crippen LogP contribution in [0.5, 0.6) is 0 Å². The average molecular weight is 643 g/mol. The Balaban J connectivity index is 0.000000177. The van der Waals surface area contributed by atoms with Crippen LogP contribution in [-0.4, -0.2) is 58.6 Å². The topological polar surface area (TPSA) is 6.48 Å². The Morgan fingerprint density at radius 3 is 1.39 bits per heavy atom. The van der Waals surface area contributed by atoms with Crippen molar-refractivity contribution in [2.75, 3.05) is 27.2 Å².